The van der Waals surface area contributed by atoms with Gasteiger partial charge in [0.05, 0.1) is 23.4 Å². The van der Waals surface area contributed by atoms with E-state index in [1.165, 1.54) is 0 Å². The van der Waals surface area contributed by atoms with Crippen LogP contribution in [0.3, 0.4) is 0 Å². The van der Waals surface area contributed by atoms with Crippen LogP contribution in [0.15, 0.2) is 35.1 Å². The van der Waals surface area contributed by atoms with Crippen LogP contribution in [-0.2, 0) is 0 Å². The van der Waals surface area contributed by atoms with E-state index < -0.39 is 5.41 Å². The monoisotopic (exact) mass is 356 g/mol. The number of nitrogens with two attached hydrogens (primary N) is 1. The van der Waals surface area contributed by atoms with Crippen molar-refractivity contribution in [3.05, 3.63) is 57.3 Å². The van der Waals surface area contributed by atoms with Crippen molar-refractivity contribution in [3.8, 4) is 18.2 Å². The van der Waals surface area contributed by atoms with Crippen molar-refractivity contribution in [2.45, 2.75) is 52.4 Å². The topological polar surface area (TPSA) is 97.4 Å². The Morgan fingerprint density at radius 1 is 1.04 bits per heavy atom. The van der Waals surface area contributed by atoms with E-state index in [1.54, 1.807) is 0 Å². The minimum Gasteiger partial charge on any atom is -0.399 e. The Kier molecular flexibility index (Phi) is 4.82. The summed E-state index contributed by atoms with van der Waals surface area (Å²) in [5, 5.41) is 30.0. The van der Waals surface area contributed by atoms with Crippen LogP contribution in [0.25, 0.3) is 0 Å². The molecule has 1 aromatic carbocycles. The lowest BCUT2D eigenvalue weighted by Crippen LogP contribution is -2.42. The van der Waals surface area contributed by atoms with Gasteiger partial charge in [0.15, 0.2) is 5.41 Å². The first kappa shape index (κ1) is 18.8. The molecule has 0 saturated carbocycles. The first-order valence-electron chi connectivity index (χ1n) is 9.42. The van der Waals surface area contributed by atoms with Gasteiger partial charge in [0.2, 0.25) is 0 Å². The molecule has 0 saturated heterocycles. The molecule has 2 N–H and O–H groups in total. The standard InChI is InChI=1S/C23H24N4/c1-14-9-15(2)20(16(3)10-14)21-18-8-6-4-5-7-17(18)19(11-24)22(27)23(21,12-25)13-26/h7,9-10,18,21H,4-6,8,27H2,1-3H3/t18-,21+/m1/s1. The summed E-state index contributed by atoms with van der Waals surface area (Å²) in [5.74, 6) is -0.414. The molecule has 0 bridgehead atoms. The Hall–Kier alpha value is -3.03. The third-order valence-corrected chi connectivity index (χ3v) is 6.10. The van der Waals surface area contributed by atoms with Gasteiger partial charge in [0.1, 0.15) is 6.07 Å². The summed E-state index contributed by atoms with van der Waals surface area (Å²) in [5.41, 5.74) is 10.6. The van der Waals surface area contributed by atoms with E-state index in [2.05, 4.69) is 36.4 Å². The van der Waals surface area contributed by atoms with E-state index in [4.69, 9.17) is 5.73 Å². The van der Waals surface area contributed by atoms with Crippen molar-refractivity contribution in [3.63, 3.8) is 0 Å². The van der Waals surface area contributed by atoms with Gasteiger partial charge < -0.3 is 5.73 Å². The van der Waals surface area contributed by atoms with Crippen LogP contribution in [0.2, 0.25) is 0 Å². The average Bonchev–Trinajstić information content (AvgIpc) is 2.87. The first-order valence-corrected chi connectivity index (χ1v) is 9.42. The molecule has 4 heteroatoms. The summed E-state index contributed by atoms with van der Waals surface area (Å²) < 4.78 is 0. The summed E-state index contributed by atoms with van der Waals surface area (Å²) in [4.78, 5) is 0. The van der Waals surface area contributed by atoms with Gasteiger partial charge in [-0.05, 0) is 68.2 Å². The number of nitriles is 3. The molecule has 4 nitrogen and oxygen atoms in total. The fourth-order valence-electron chi connectivity index (χ4n) is 5.04. The molecule has 0 spiro atoms. The molecule has 2 aliphatic rings. The van der Waals surface area contributed by atoms with Crippen molar-refractivity contribution < 1.29 is 0 Å². The smallest absolute Gasteiger partial charge is 0.191 e. The highest BCUT2D eigenvalue weighted by atomic mass is 14.7. The lowest BCUT2D eigenvalue weighted by Gasteiger charge is -2.43. The van der Waals surface area contributed by atoms with Gasteiger partial charge in [-0.3, -0.25) is 0 Å². The number of hydrogen-bond donors (Lipinski definition) is 1. The molecule has 0 amide bonds. The van der Waals surface area contributed by atoms with Gasteiger partial charge in [-0.1, -0.05) is 30.2 Å². The van der Waals surface area contributed by atoms with Crippen LogP contribution in [0.5, 0.6) is 0 Å². The molecule has 0 fully saturated rings. The first-order chi connectivity index (χ1) is 12.9. The number of allylic oxidation sites excluding steroid dienone is 4. The lowest BCUT2D eigenvalue weighted by molar-refractivity contribution is 0.326. The highest BCUT2D eigenvalue weighted by Crippen LogP contribution is 2.56. The van der Waals surface area contributed by atoms with Gasteiger partial charge in [0, 0.05) is 5.92 Å². The van der Waals surface area contributed by atoms with Crippen LogP contribution >= 0.6 is 0 Å². The zero-order valence-corrected chi connectivity index (χ0v) is 16.1. The summed E-state index contributed by atoms with van der Waals surface area (Å²) >= 11 is 0. The number of fused-ring (bicyclic) bond motifs is 1. The Morgan fingerprint density at radius 3 is 2.22 bits per heavy atom. The molecular formula is C23H24N4. The molecular weight excluding hydrogens is 332 g/mol. The second kappa shape index (κ2) is 6.94. The van der Waals surface area contributed by atoms with Crippen LogP contribution in [0, 0.1) is 66.1 Å². The zero-order chi connectivity index (χ0) is 19.8. The lowest BCUT2D eigenvalue weighted by atomic mass is 9.57. The molecule has 0 unspecified atom stereocenters. The summed E-state index contributed by atoms with van der Waals surface area (Å²) in [6, 6.07) is 10.9. The fraction of sp³-hybridized carbons (Fsp3) is 0.435. The molecule has 2 aliphatic carbocycles. The molecule has 136 valence electrons. The molecule has 0 radical (unpaired) electrons. The molecule has 0 heterocycles. The number of aryl methyl sites for hydroxylation is 3. The number of benzene rings is 1. The van der Waals surface area contributed by atoms with Gasteiger partial charge in [-0.2, -0.15) is 15.8 Å². The number of nitrogens with zero attached hydrogens (tertiary/aromatic N) is 3. The predicted octanol–water partition coefficient (Wildman–Crippen LogP) is 4.60. The number of rotatable bonds is 1. The van der Waals surface area contributed by atoms with Gasteiger partial charge >= 0.3 is 0 Å². The number of hydrogen-bond acceptors (Lipinski definition) is 4. The third kappa shape index (κ3) is 2.72. The van der Waals surface area contributed by atoms with Gasteiger partial charge in [-0.25, -0.2) is 0 Å². The van der Waals surface area contributed by atoms with Crippen molar-refractivity contribution in [2.24, 2.45) is 17.1 Å². The fourth-order valence-corrected chi connectivity index (χ4v) is 5.04. The van der Waals surface area contributed by atoms with E-state index in [0.717, 1.165) is 53.5 Å². The Morgan fingerprint density at radius 2 is 1.67 bits per heavy atom. The Balaban J connectivity index is 2.41. The Labute approximate surface area is 161 Å². The maximum Gasteiger partial charge on any atom is 0.191 e. The van der Waals surface area contributed by atoms with E-state index in [9.17, 15) is 15.8 Å². The molecule has 2 atom stereocenters. The van der Waals surface area contributed by atoms with Crippen LogP contribution < -0.4 is 5.73 Å². The van der Waals surface area contributed by atoms with Crippen molar-refractivity contribution in [2.75, 3.05) is 0 Å². The van der Waals surface area contributed by atoms with Gasteiger partial charge in [0.25, 0.3) is 0 Å². The zero-order valence-electron chi connectivity index (χ0n) is 16.1. The summed E-state index contributed by atoms with van der Waals surface area (Å²) in [6.07, 6.45) is 5.91. The highest BCUT2D eigenvalue weighted by molar-refractivity contribution is 5.60. The van der Waals surface area contributed by atoms with Crippen molar-refractivity contribution >= 4 is 0 Å². The average molecular weight is 356 g/mol. The molecule has 0 aromatic heterocycles. The van der Waals surface area contributed by atoms with E-state index in [0.29, 0.717) is 5.57 Å². The van der Waals surface area contributed by atoms with Gasteiger partial charge in [-0.15, -0.1) is 0 Å². The molecule has 3 rings (SSSR count). The third-order valence-electron chi connectivity index (χ3n) is 6.10. The Bertz CT molecular complexity index is 938. The second-order valence-corrected chi connectivity index (χ2v) is 7.77. The molecule has 1 aromatic rings. The molecule has 0 aliphatic heterocycles. The van der Waals surface area contributed by atoms with Crippen molar-refractivity contribution in [1.29, 1.82) is 15.8 Å². The maximum atomic E-state index is 10.1. The van der Waals surface area contributed by atoms with E-state index in [1.807, 2.05) is 20.8 Å². The van der Waals surface area contributed by atoms with E-state index >= 15 is 0 Å². The van der Waals surface area contributed by atoms with E-state index in [-0.39, 0.29) is 17.5 Å². The highest BCUT2D eigenvalue weighted by Gasteiger charge is 2.54. The van der Waals surface area contributed by atoms with Crippen LogP contribution in [0.4, 0.5) is 0 Å². The minimum atomic E-state index is -1.53. The normalized spacial score (nSPS) is 23.9. The summed E-state index contributed by atoms with van der Waals surface area (Å²) in [6.45, 7) is 6.12. The van der Waals surface area contributed by atoms with Crippen LogP contribution in [0.1, 0.15) is 53.9 Å². The molecule has 27 heavy (non-hydrogen) atoms. The largest absolute Gasteiger partial charge is 0.399 e. The summed E-state index contributed by atoms with van der Waals surface area (Å²) in [7, 11) is 0. The maximum absolute atomic E-state index is 10.1. The minimum absolute atomic E-state index is 0.0474. The SMILES string of the molecule is Cc1cc(C)c([C@@H]2[C@@H]3CCCCC=C3C(C#N)=C(N)C2(C#N)C#N)c(C)c1. The van der Waals surface area contributed by atoms with Crippen LogP contribution in [-0.4, -0.2) is 0 Å². The second-order valence-electron chi connectivity index (χ2n) is 7.77. The predicted molar refractivity (Wildman–Crippen MR) is 104 cm³/mol. The quantitative estimate of drug-likeness (QED) is 0.795. The van der Waals surface area contributed by atoms with Crippen molar-refractivity contribution in [1.82, 2.24) is 0 Å².